The fourth-order valence-electron chi connectivity index (χ4n) is 1.78. The van der Waals surface area contributed by atoms with Crippen molar-refractivity contribution in [1.82, 2.24) is 9.55 Å². The molecule has 0 saturated carbocycles. The highest BCUT2D eigenvalue weighted by Gasteiger charge is 2.24. The number of fused-ring (bicyclic) bond motifs is 1. The lowest BCUT2D eigenvalue weighted by atomic mass is 10.1. The molecule has 2 rings (SSSR count). The summed E-state index contributed by atoms with van der Waals surface area (Å²) in [7, 11) is 0. The third-order valence-corrected chi connectivity index (χ3v) is 3.13. The van der Waals surface area contributed by atoms with Gasteiger partial charge in [-0.25, -0.2) is 4.98 Å². The summed E-state index contributed by atoms with van der Waals surface area (Å²) in [6, 6.07) is 5.79. The Morgan fingerprint density at radius 2 is 2.19 bits per heavy atom. The molecule has 0 unspecified atom stereocenters. The van der Waals surface area contributed by atoms with Crippen LogP contribution >= 0.6 is 15.9 Å². The van der Waals surface area contributed by atoms with E-state index in [2.05, 4.69) is 20.9 Å². The Labute approximate surface area is 102 Å². The van der Waals surface area contributed by atoms with Gasteiger partial charge in [-0.3, -0.25) is 0 Å². The molecule has 4 nitrogen and oxygen atoms in total. The van der Waals surface area contributed by atoms with Crippen LogP contribution in [0.3, 0.4) is 0 Å². The highest BCUT2D eigenvalue weighted by atomic mass is 79.9. The van der Waals surface area contributed by atoms with Crippen molar-refractivity contribution in [3.8, 4) is 0 Å². The molecule has 0 fully saturated rings. The fraction of sp³-hybridized carbons (Fsp3) is 0.364. The van der Waals surface area contributed by atoms with E-state index in [1.807, 2.05) is 36.6 Å². The number of benzene rings is 1. The van der Waals surface area contributed by atoms with E-state index in [9.17, 15) is 5.11 Å². The zero-order chi connectivity index (χ0) is 11.9. The molecule has 5 heteroatoms. The molecular weight excluding hydrogens is 270 g/mol. The van der Waals surface area contributed by atoms with Crippen LogP contribution in [0.25, 0.3) is 11.0 Å². The van der Waals surface area contributed by atoms with Gasteiger partial charge in [-0.15, -0.1) is 0 Å². The standard InChI is InChI=1S/C11H14BrN3O/c1-11(2,6-16)15-9-4-3-7(12)5-8(9)14-10(15)13/h3-5,16H,6H2,1-2H3,(H2,13,14). The molecule has 86 valence electrons. The van der Waals surface area contributed by atoms with Gasteiger partial charge in [-0.05, 0) is 32.0 Å². The van der Waals surface area contributed by atoms with E-state index in [0.717, 1.165) is 15.5 Å². The van der Waals surface area contributed by atoms with Gasteiger partial charge in [-0.1, -0.05) is 15.9 Å². The van der Waals surface area contributed by atoms with Crippen LogP contribution in [0.2, 0.25) is 0 Å². The zero-order valence-corrected chi connectivity index (χ0v) is 10.8. The Morgan fingerprint density at radius 1 is 1.50 bits per heavy atom. The predicted molar refractivity (Wildman–Crippen MR) is 68.3 cm³/mol. The van der Waals surface area contributed by atoms with Gasteiger partial charge in [-0.2, -0.15) is 0 Å². The fourth-order valence-corrected chi connectivity index (χ4v) is 2.13. The average molecular weight is 284 g/mol. The number of aromatic nitrogens is 2. The molecule has 0 radical (unpaired) electrons. The molecule has 1 aromatic carbocycles. The number of aliphatic hydroxyl groups is 1. The molecule has 0 amide bonds. The molecule has 0 aliphatic heterocycles. The number of nitrogens with two attached hydrogens (primary N) is 1. The van der Waals surface area contributed by atoms with Gasteiger partial charge in [0.05, 0.1) is 23.2 Å². The van der Waals surface area contributed by atoms with E-state index >= 15 is 0 Å². The molecule has 0 atom stereocenters. The van der Waals surface area contributed by atoms with Gasteiger partial charge in [0.1, 0.15) is 0 Å². The lowest BCUT2D eigenvalue weighted by molar-refractivity contribution is 0.169. The van der Waals surface area contributed by atoms with Crippen molar-refractivity contribution in [2.24, 2.45) is 0 Å². The number of rotatable bonds is 2. The number of hydrogen-bond donors (Lipinski definition) is 2. The minimum absolute atomic E-state index is 0.0126. The second-order valence-corrected chi connectivity index (χ2v) is 5.32. The monoisotopic (exact) mass is 283 g/mol. The molecule has 3 N–H and O–H groups in total. The van der Waals surface area contributed by atoms with Crippen LogP contribution in [0.5, 0.6) is 0 Å². The highest BCUT2D eigenvalue weighted by Crippen LogP contribution is 2.28. The summed E-state index contributed by atoms with van der Waals surface area (Å²) in [6.07, 6.45) is 0. The molecule has 16 heavy (non-hydrogen) atoms. The van der Waals surface area contributed by atoms with Crippen LogP contribution in [-0.2, 0) is 5.54 Å². The molecular formula is C11H14BrN3O. The Balaban J connectivity index is 2.74. The van der Waals surface area contributed by atoms with Gasteiger partial charge in [0.2, 0.25) is 5.95 Å². The van der Waals surface area contributed by atoms with E-state index in [0.29, 0.717) is 5.95 Å². The maximum absolute atomic E-state index is 9.39. The molecule has 2 aromatic rings. The molecule has 0 spiro atoms. The van der Waals surface area contributed by atoms with Crippen molar-refractivity contribution in [1.29, 1.82) is 0 Å². The first-order chi connectivity index (χ1) is 7.45. The maximum atomic E-state index is 9.39. The van der Waals surface area contributed by atoms with Crippen LogP contribution in [0.15, 0.2) is 22.7 Å². The van der Waals surface area contributed by atoms with E-state index in [4.69, 9.17) is 5.73 Å². The minimum Gasteiger partial charge on any atom is -0.394 e. The van der Waals surface area contributed by atoms with Gasteiger partial charge in [0.15, 0.2) is 0 Å². The lowest BCUT2D eigenvalue weighted by Crippen LogP contribution is -2.31. The number of halogens is 1. The Bertz CT molecular complexity index is 533. The van der Waals surface area contributed by atoms with Crippen molar-refractivity contribution in [3.05, 3.63) is 22.7 Å². The van der Waals surface area contributed by atoms with E-state index in [-0.39, 0.29) is 6.61 Å². The van der Waals surface area contributed by atoms with Crippen molar-refractivity contribution >= 4 is 32.9 Å². The average Bonchev–Trinajstić information content (AvgIpc) is 2.53. The molecule has 0 saturated heterocycles. The normalized spacial score (nSPS) is 12.2. The lowest BCUT2D eigenvalue weighted by Gasteiger charge is -2.25. The summed E-state index contributed by atoms with van der Waals surface area (Å²) >= 11 is 3.39. The first-order valence-electron chi connectivity index (χ1n) is 5.00. The Morgan fingerprint density at radius 3 is 2.81 bits per heavy atom. The van der Waals surface area contributed by atoms with E-state index in [1.165, 1.54) is 0 Å². The molecule has 1 aromatic heterocycles. The first kappa shape index (κ1) is 11.4. The van der Waals surface area contributed by atoms with Crippen molar-refractivity contribution in [3.63, 3.8) is 0 Å². The van der Waals surface area contributed by atoms with Crippen molar-refractivity contribution in [2.75, 3.05) is 12.3 Å². The van der Waals surface area contributed by atoms with Crippen molar-refractivity contribution in [2.45, 2.75) is 19.4 Å². The molecule has 0 aliphatic rings. The van der Waals surface area contributed by atoms with Crippen molar-refractivity contribution < 1.29 is 5.11 Å². The van der Waals surface area contributed by atoms with Crippen LogP contribution in [0.1, 0.15) is 13.8 Å². The zero-order valence-electron chi connectivity index (χ0n) is 9.24. The van der Waals surface area contributed by atoms with Gasteiger partial charge in [0, 0.05) is 4.47 Å². The van der Waals surface area contributed by atoms with Gasteiger partial charge >= 0.3 is 0 Å². The Kier molecular flexibility index (Phi) is 2.67. The topological polar surface area (TPSA) is 64.1 Å². The second-order valence-electron chi connectivity index (χ2n) is 4.41. The Hall–Kier alpha value is -1.07. The molecule has 0 aliphatic carbocycles. The highest BCUT2D eigenvalue weighted by molar-refractivity contribution is 9.10. The minimum atomic E-state index is -0.452. The quantitative estimate of drug-likeness (QED) is 0.887. The smallest absolute Gasteiger partial charge is 0.201 e. The summed E-state index contributed by atoms with van der Waals surface area (Å²) in [6.45, 7) is 3.86. The van der Waals surface area contributed by atoms with Gasteiger partial charge < -0.3 is 15.4 Å². The number of anilines is 1. The number of aliphatic hydroxyl groups excluding tert-OH is 1. The van der Waals surface area contributed by atoms with E-state index in [1.54, 1.807) is 0 Å². The van der Waals surface area contributed by atoms with Crippen LogP contribution in [0.4, 0.5) is 5.95 Å². The third kappa shape index (κ3) is 1.70. The number of nitrogen functional groups attached to an aromatic ring is 1. The van der Waals surface area contributed by atoms with E-state index < -0.39 is 5.54 Å². The number of hydrogen-bond acceptors (Lipinski definition) is 3. The summed E-state index contributed by atoms with van der Waals surface area (Å²) in [5, 5.41) is 9.39. The predicted octanol–water partition coefficient (Wildman–Crippen LogP) is 2.11. The molecule has 0 bridgehead atoms. The van der Waals surface area contributed by atoms with Crippen LogP contribution in [-0.4, -0.2) is 21.3 Å². The second kappa shape index (κ2) is 3.75. The summed E-state index contributed by atoms with van der Waals surface area (Å²) in [4.78, 5) is 4.29. The van der Waals surface area contributed by atoms with Crippen LogP contribution < -0.4 is 5.73 Å². The summed E-state index contributed by atoms with van der Waals surface area (Å²) in [5.41, 5.74) is 7.20. The number of nitrogens with zero attached hydrogens (tertiary/aromatic N) is 2. The van der Waals surface area contributed by atoms with Crippen LogP contribution in [0, 0.1) is 0 Å². The summed E-state index contributed by atoms with van der Waals surface area (Å²) in [5.74, 6) is 0.423. The summed E-state index contributed by atoms with van der Waals surface area (Å²) < 4.78 is 2.82. The third-order valence-electron chi connectivity index (χ3n) is 2.63. The van der Waals surface area contributed by atoms with Gasteiger partial charge in [0.25, 0.3) is 0 Å². The SMILES string of the molecule is CC(C)(CO)n1c(N)nc2cc(Br)ccc21. The number of imidazole rings is 1. The maximum Gasteiger partial charge on any atom is 0.201 e. The molecule has 1 heterocycles. The first-order valence-corrected chi connectivity index (χ1v) is 5.80. The largest absolute Gasteiger partial charge is 0.394 e.